The van der Waals surface area contributed by atoms with Gasteiger partial charge in [-0.3, -0.25) is 4.79 Å². The van der Waals surface area contributed by atoms with Gasteiger partial charge in [0.05, 0.1) is 12.9 Å². The van der Waals surface area contributed by atoms with Crippen molar-refractivity contribution in [3.05, 3.63) is 30.1 Å². The molecule has 0 spiro atoms. The van der Waals surface area contributed by atoms with Crippen LogP contribution in [0.2, 0.25) is 0 Å². The first kappa shape index (κ1) is 19.5. The van der Waals surface area contributed by atoms with E-state index in [4.69, 9.17) is 10.6 Å². The summed E-state index contributed by atoms with van der Waals surface area (Å²) < 4.78 is 6.68. The van der Waals surface area contributed by atoms with E-state index in [-0.39, 0.29) is 11.7 Å². The van der Waals surface area contributed by atoms with Crippen LogP contribution in [0.4, 0.5) is 5.69 Å². The molecule has 7 nitrogen and oxygen atoms in total. The third kappa shape index (κ3) is 5.63. The lowest BCUT2D eigenvalue weighted by Crippen LogP contribution is -2.18. The Morgan fingerprint density at radius 3 is 2.93 bits per heavy atom. The van der Waals surface area contributed by atoms with Crippen molar-refractivity contribution in [3.63, 3.8) is 0 Å². The Balaban J connectivity index is 1.47. The van der Waals surface area contributed by atoms with Gasteiger partial charge in [0.1, 0.15) is 5.75 Å². The van der Waals surface area contributed by atoms with E-state index in [1.165, 1.54) is 48.5 Å². The molecule has 27 heavy (non-hydrogen) atoms. The molecule has 3 rings (SSSR count). The topological polar surface area (TPSA) is 95.1 Å². The van der Waals surface area contributed by atoms with Crippen LogP contribution in [0.5, 0.6) is 5.75 Å². The van der Waals surface area contributed by atoms with E-state index in [0.29, 0.717) is 16.6 Å². The molecule has 8 heteroatoms. The molecule has 1 saturated carbocycles. The van der Waals surface area contributed by atoms with Gasteiger partial charge in [-0.2, -0.15) is 0 Å². The summed E-state index contributed by atoms with van der Waals surface area (Å²) in [4.78, 5) is 12.2. The maximum atomic E-state index is 12.2. The number of hydrogen-bond donors (Lipinski definition) is 2. The molecule has 1 amide bonds. The van der Waals surface area contributed by atoms with Gasteiger partial charge in [0, 0.05) is 18.2 Å². The average Bonchev–Trinajstić information content (AvgIpc) is 3.05. The van der Waals surface area contributed by atoms with Gasteiger partial charge < -0.3 is 15.9 Å². The summed E-state index contributed by atoms with van der Waals surface area (Å²) >= 11 is 1.29. The second-order valence-corrected chi connectivity index (χ2v) is 7.82. The van der Waals surface area contributed by atoms with Crippen molar-refractivity contribution in [2.24, 2.45) is 5.92 Å². The number of carbonyl (C=O) groups is 1. The lowest BCUT2D eigenvalue weighted by Gasteiger charge is -2.20. The van der Waals surface area contributed by atoms with E-state index < -0.39 is 0 Å². The number of nitrogen functional groups attached to an aromatic ring is 1. The standard InChI is InChI=1S/C19H27N5O2S/c1-26-16-9-5-8-15(12-16)21-18(25)13-27-19-23-22-17(24(19)20)11-10-14-6-3-2-4-7-14/h5,8-9,12,14H,2-4,6-7,10-11,13,20H2,1H3,(H,21,25). The molecule has 1 fully saturated rings. The van der Waals surface area contributed by atoms with E-state index >= 15 is 0 Å². The normalized spacial score (nSPS) is 14.9. The van der Waals surface area contributed by atoms with Crippen molar-refractivity contribution in [2.75, 3.05) is 24.0 Å². The Morgan fingerprint density at radius 2 is 2.15 bits per heavy atom. The number of aromatic nitrogens is 3. The molecule has 0 saturated heterocycles. The summed E-state index contributed by atoms with van der Waals surface area (Å²) in [6.45, 7) is 0. The number of methoxy groups -OCH3 is 1. The molecule has 1 aromatic heterocycles. The smallest absolute Gasteiger partial charge is 0.234 e. The molecule has 1 aromatic carbocycles. The molecule has 2 aromatic rings. The van der Waals surface area contributed by atoms with Gasteiger partial charge in [0.2, 0.25) is 11.1 Å². The Morgan fingerprint density at radius 1 is 1.33 bits per heavy atom. The minimum atomic E-state index is -0.125. The highest BCUT2D eigenvalue weighted by molar-refractivity contribution is 7.99. The number of amides is 1. The predicted octanol–water partition coefficient (Wildman–Crippen LogP) is 3.24. The van der Waals surface area contributed by atoms with Crippen molar-refractivity contribution in [1.29, 1.82) is 0 Å². The minimum Gasteiger partial charge on any atom is -0.497 e. The second kappa shape index (κ2) is 9.64. The maximum Gasteiger partial charge on any atom is 0.234 e. The van der Waals surface area contributed by atoms with Crippen LogP contribution in [0.1, 0.15) is 44.3 Å². The minimum absolute atomic E-state index is 0.125. The van der Waals surface area contributed by atoms with Crippen LogP contribution in [0.25, 0.3) is 0 Å². The highest BCUT2D eigenvalue weighted by atomic mass is 32.2. The number of nitrogens with zero attached hydrogens (tertiary/aromatic N) is 3. The highest BCUT2D eigenvalue weighted by Crippen LogP contribution is 2.27. The van der Waals surface area contributed by atoms with Crippen molar-refractivity contribution >= 4 is 23.4 Å². The fourth-order valence-corrected chi connectivity index (χ4v) is 4.09. The van der Waals surface area contributed by atoms with Gasteiger partial charge in [-0.1, -0.05) is 49.9 Å². The van der Waals surface area contributed by atoms with Crippen LogP contribution in [-0.2, 0) is 11.2 Å². The highest BCUT2D eigenvalue weighted by Gasteiger charge is 2.17. The van der Waals surface area contributed by atoms with E-state index in [0.717, 1.165) is 24.6 Å². The number of nitrogens with two attached hydrogens (primary N) is 1. The number of carbonyl (C=O) groups excluding carboxylic acids is 1. The number of ether oxygens (including phenoxy) is 1. The summed E-state index contributed by atoms with van der Waals surface area (Å²) in [6.07, 6.45) is 8.60. The van der Waals surface area contributed by atoms with Crippen LogP contribution in [-0.4, -0.2) is 33.6 Å². The van der Waals surface area contributed by atoms with E-state index in [9.17, 15) is 4.79 Å². The number of anilines is 1. The van der Waals surface area contributed by atoms with Crippen molar-refractivity contribution in [2.45, 2.75) is 50.1 Å². The number of aryl methyl sites for hydroxylation is 1. The number of rotatable bonds is 8. The largest absolute Gasteiger partial charge is 0.497 e. The molecule has 1 heterocycles. The van der Waals surface area contributed by atoms with E-state index in [1.807, 2.05) is 18.2 Å². The first-order chi connectivity index (χ1) is 13.2. The van der Waals surface area contributed by atoms with Gasteiger partial charge >= 0.3 is 0 Å². The van der Waals surface area contributed by atoms with Crippen LogP contribution in [0.3, 0.4) is 0 Å². The molecule has 0 radical (unpaired) electrons. The molecule has 146 valence electrons. The van der Waals surface area contributed by atoms with Crippen molar-refractivity contribution in [3.8, 4) is 5.75 Å². The second-order valence-electron chi connectivity index (χ2n) is 6.88. The molecular formula is C19H27N5O2S. The fourth-order valence-electron chi connectivity index (χ4n) is 3.41. The third-order valence-electron chi connectivity index (χ3n) is 4.92. The number of benzene rings is 1. The summed E-state index contributed by atoms with van der Waals surface area (Å²) in [6, 6.07) is 7.25. The van der Waals surface area contributed by atoms with Gasteiger partial charge in [-0.25, -0.2) is 4.68 Å². The molecule has 3 N–H and O–H groups in total. The van der Waals surface area contributed by atoms with E-state index in [1.54, 1.807) is 13.2 Å². The van der Waals surface area contributed by atoms with Crippen molar-refractivity contribution in [1.82, 2.24) is 14.9 Å². The monoisotopic (exact) mass is 389 g/mol. The lowest BCUT2D eigenvalue weighted by molar-refractivity contribution is -0.113. The zero-order valence-electron chi connectivity index (χ0n) is 15.7. The summed E-state index contributed by atoms with van der Waals surface area (Å²) in [7, 11) is 1.59. The first-order valence-corrected chi connectivity index (χ1v) is 10.4. The molecule has 0 atom stereocenters. The zero-order chi connectivity index (χ0) is 19.1. The molecule has 1 aliphatic rings. The lowest BCUT2D eigenvalue weighted by atomic mass is 9.86. The molecule has 0 bridgehead atoms. The van der Waals surface area contributed by atoms with Crippen LogP contribution >= 0.6 is 11.8 Å². The van der Waals surface area contributed by atoms with Gasteiger partial charge in [0.25, 0.3) is 0 Å². The maximum absolute atomic E-state index is 12.2. The van der Waals surface area contributed by atoms with Crippen molar-refractivity contribution < 1.29 is 9.53 Å². The SMILES string of the molecule is COc1cccc(NC(=O)CSc2nnc(CCC3CCCCC3)n2N)c1. The number of thioether (sulfide) groups is 1. The Bertz CT molecular complexity index is 758. The predicted molar refractivity (Wildman–Crippen MR) is 107 cm³/mol. The van der Waals surface area contributed by atoms with Crippen LogP contribution < -0.4 is 15.9 Å². The summed E-state index contributed by atoms with van der Waals surface area (Å²) in [5.41, 5.74) is 0.697. The van der Waals surface area contributed by atoms with E-state index in [2.05, 4.69) is 15.5 Å². The van der Waals surface area contributed by atoms with Crippen LogP contribution in [0, 0.1) is 5.92 Å². The van der Waals surface area contributed by atoms with Gasteiger partial charge in [0.15, 0.2) is 5.82 Å². The fraction of sp³-hybridized carbons (Fsp3) is 0.526. The summed E-state index contributed by atoms with van der Waals surface area (Å²) in [5, 5.41) is 11.7. The molecule has 0 unspecified atom stereocenters. The quantitative estimate of drug-likeness (QED) is 0.532. The average molecular weight is 390 g/mol. The number of hydrogen-bond acceptors (Lipinski definition) is 6. The molecule has 0 aliphatic heterocycles. The third-order valence-corrected chi connectivity index (χ3v) is 5.87. The molecule has 1 aliphatic carbocycles. The van der Waals surface area contributed by atoms with Crippen LogP contribution in [0.15, 0.2) is 29.4 Å². The number of nitrogens with one attached hydrogen (secondary N) is 1. The molecular weight excluding hydrogens is 362 g/mol. The first-order valence-electron chi connectivity index (χ1n) is 9.42. The Kier molecular flexibility index (Phi) is 6.98. The zero-order valence-corrected chi connectivity index (χ0v) is 16.5. The van der Waals surface area contributed by atoms with Gasteiger partial charge in [-0.05, 0) is 24.5 Å². The Hall–Kier alpha value is -2.22. The Labute approximate surface area is 164 Å². The summed E-state index contributed by atoms with van der Waals surface area (Å²) in [5.74, 6) is 8.48. The van der Waals surface area contributed by atoms with Gasteiger partial charge in [-0.15, -0.1) is 10.2 Å².